The number of fused-ring (bicyclic) bond motifs is 1. The minimum absolute atomic E-state index is 0.0220. The minimum atomic E-state index is -0.272. The van der Waals surface area contributed by atoms with Crippen LogP contribution in [0.25, 0.3) is 16.2 Å². The van der Waals surface area contributed by atoms with Gasteiger partial charge in [0.1, 0.15) is 5.82 Å². The smallest absolute Gasteiger partial charge is 0.225 e. The van der Waals surface area contributed by atoms with Gasteiger partial charge in [0.2, 0.25) is 5.91 Å². The lowest BCUT2D eigenvalue weighted by Crippen LogP contribution is -2.27. The highest BCUT2D eigenvalue weighted by Crippen LogP contribution is 2.24. The third-order valence-corrected chi connectivity index (χ3v) is 4.75. The summed E-state index contributed by atoms with van der Waals surface area (Å²) in [5.41, 5.74) is 2.51. The Bertz CT molecular complexity index is 871. The van der Waals surface area contributed by atoms with Crippen molar-refractivity contribution in [1.29, 1.82) is 0 Å². The Morgan fingerprint density at radius 2 is 2.12 bits per heavy atom. The highest BCUT2D eigenvalue weighted by molar-refractivity contribution is 7.15. The fraction of sp³-hybridized carbons (Fsp3) is 0.368. The molecule has 0 fully saturated rings. The molecular weight excluding hydrogens is 353 g/mol. The standard InChI is InChI=1S/C19H22FN3O2S/c1-13(2)25-9-3-8-21-18(24)10-16-12-26-19-22-17(11-23(16)19)14-4-6-15(20)7-5-14/h4-7,11-13H,3,8-10H2,1-2H3,(H,21,24). The van der Waals surface area contributed by atoms with Crippen LogP contribution in [0.5, 0.6) is 0 Å². The topological polar surface area (TPSA) is 55.6 Å². The number of nitrogens with one attached hydrogen (secondary N) is 1. The molecule has 1 N–H and O–H groups in total. The summed E-state index contributed by atoms with van der Waals surface area (Å²) >= 11 is 1.49. The molecule has 1 amide bonds. The van der Waals surface area contributed by atoms with E-state index in [1.807, 2.05) is 29.8 Å². The number of hydrogen-bond donors (Lipinski definition) is 1. The zero-order valence-corrected chi connectivity index (χ0v) is 15.7. The van der Waals surface area contributed by atoms with E-state index in [9.17, 15) is 9.18 Å². The van der Waals surface area contributed by atoms with E-state index in [2.05, 4.69) is 10.3 Å². The average Bonchev–Trinajstić information content (AvgIpc) is 3.17. The lowest BCUT2D eigenvalue weighted by atomic mass is 10.2. The molecule has 5 nitrogen and oxygen atoms in total. The maximum Gasteiger partial charge on any atom is 0.225 e. The maximum atomic E-state index is 13.1. The third-order valence-electron chi connectivity index (χ3n) is 3.86. The first-order valence-corrected chi connectivity index (χ1v) is 9.50. The van der Waals surface area contributed by atoms with E-state index < -0.39 is 0 Å². The van der Waals surface area contributed by atoms with Gasteiger partial charge in [0, 0.05) is 36.0 Å². The van der Waals surface area contributed by atoms with Crippen LogP contribution in [0.1, 0.15) is 26.0 Å². The van der Waals surface area contributed by atoms with E-state index in [1.54, 1.807) is 12.1 Å². The molecule has 2 heterocycles. The molecule has 0 unspecified atom stereocenters. The number of thiazole rings is 1. The summed E-state index contributed by atoms with van der Waals surface area (Å²) in [4.78, 5) is 17.5. The first kappa shape index (κ1) is 18.5. The van der Waals surface area contributed by atoms with E-state index in [-0.39, 0.29) is 17.8 Å². The second-order valence-corrected chi connectivity index (χ2v) is 7.15. The number of nitrogens with zero attached hydrogens (tertiary/aromatic N) is 2. The number of aromatic nitrogens is 2. The van der Waals surface area contributed by atoms with Crippen LogP contribution in [0.15, 0.2) is 35.8 Å². The number of imidazole rings is 1. The second-order valence-electron chi connectivity index (χ2n) is 6.31. The van der Waals surface area contributed by atoms with E-state index in [1.165, 1.54) is 23.5 Å². The van der Waals surface area contributed by atoms with Crippen LogP contribution in [0, 0.1) is 5.82 Å². The van der Waals surface area contributed by atoms with Crippen molar-refractivity contribution < 1.29 is 13.9 Å². The van der Waals surface area contributed by atoms with Gasteiger partial charge in [-0.05, 0) is 44.5 Å². The van der Waals surface area contributed by atoms with Crippen LogP contribution in [0.4, 0.5) is 4.39 Å². The molecule has 3 rings (SSSR count). The van der Waals surface area contributed by atoms with E-state index >= 15 is 0 Å². The molecule has 0 aliphatic carbocycles. The predicted octanol–water partition coefficient (Wildman–Crippen LogP) is 3.68. The molecule has 3 aromatic rings. The first-order valence-electron chi connectivity index (χ1n) is 8.62. The van der Waals surface area contributed by atoms with Crippen molar-refractivity contribution in [2.45, 2.75) is 32.8 Å². The Hall–Kier alpha value is -2.25. The van der Waals surface area contributed by atoms with Crippen LogP contribution >= 0.6 is 11.3 Å². The van der Waals surface area contributed by atoms with Crippen LogP contribution in [-0.4, -0.2) is 34.5 Å². The molecule has 1 aromatic carbocycles. The molecule has 0 saturated heterocycles. The van der Waals surface area contributed by atoms with Gasteiger partial charge in [0.15, 0.2) is 4.96 Å². The van der Waals surface area contributed by atoms with Gasteiger partial charge in [-0.25, -0.2) is 9.37 Å². The molecule has 0 atom stereocenters. The van der Waals surface area contributed by atoms with Gasteiger partial charge in [0.25, 0.3) is 0 Å². The number of amides is 1. The molecule has 26 heavy (non-hydrogen) atoms. The van der Waals surface area contributed by atoms with Crippen LogP contribution in [-0.2, 0) is 16.0 Å². The molecule has 0 aliphatic rings. The van der Waals surface area contributed by atoms with Crippen LogP contribution in [0.2, 0.25) is 0 Å². The van der Waals surface area contributed by atoms with E-state index in [0.717, 1.165) is 28.3 Å². The summed E-state index contributed by atoms with van der Waals surface area (Å²) in [6.45, 7) is 5.23. The van der Waals surface area contributed by atoms with E-state index in [0.29, 0.717) is 19.6 Å². The van der Waals surface area contributed by atoms with Gasteiger partial charge >= 0.3 is 0 Å². The molecule has 0 saturated carbocycles. The summed E-state index contributed by atoms with van der Waals surface area (Å²) in [5.74, 6) is -0.294. The number of ether oxygens (including phenoxy) is 1. The largest absolute Gasteiger partial charge is 0.379 e. The molecule has 2 aromatic heterocycles. The Balaban J connectivity index is 1.60. The molecule has 7 heteroatoms. The van der Waals surface area contributed by atoms with Crippen LogP contribution in [0.3, 0.4) is 0 Å². The average molecular weight is 375 g/mol. The zero-order chi connectivity index (χ0) is 18.5. The summed E-state index contributed by atoms with van der Waals surface area (Å²) in [6.07, 6.45) is 3.19. The van der Waals surface area contributed by atoms with Crippen LogP contribution < -0.4 is 5.32 Å². The SMILES string of the molecule is CC(C)OCCCNC(=O)Cc1csc2nc(-c3ccc(F)cc3)cn12. The fourth-order valence-corrected chi connectivity index (χ4v) is 3.44. The van der Waals surface area contributed by atoms with Gasteiger partial charge in [-0.1, -0.05) is 0 Å². The summed E-state index contributed by atoms with van der Waals surface area (Å²) < 4.78 is 20.4. The van der Waals surface area contributed by atoms with Crippen molar-refractivity contribution in [1.82, 2.24) is 14.7 Å². The van der Waals surface area contributed by atoms with Gasteiger partial charge in [-0.3, -0.25) is 9.20 Å². The minimum Gasteiger partial charge on any atom is -0.379 e. The molecule has 0 spiro atoms. The lowest BCUT2D eigenvalue weighted by Gasteiger charge is -2.08. The normalized spacial score (nSPS) is 11.4. The summed E-state index contributed by atoms with van der Waals surface area (Å²) in [5, 5.41) is 4.86. The molecule has 0 radical (unpaired) electrons. The number of benzene rings is 1. The molecule has 0 aliphatic heterocycles. The summed E-state index contributed by atoms with van der Waals surface area (Å²) in [6, 6.07) is 6.24. The number of rotatable bonds is 8. The monoisotopic (exact) mass is 375 g/mol. The second kappa shape index (κ2) is 8.42. The summed E-state index contributed by atoms with van der Waals surface area (Å²) in [7, 11) is 0. The lowest BCUT2D eigenvalue weighted by molar-refractivity contribution is -0.120. The first-order chi connectivity index (χ1) is 12.5. The Kier molecular flexibility index (Phi) is 6.00. The van der Waals surface area contributed by atoms with Crippen molar-refractivity contribution in [3.8, 4) is 11.3 Å². The van der Waals surface area contributed by atoms with Crippen molar-refractivity contribution >= 4 is 22.2 Å². The maximum absolute atomic E-state index is 13.1. The van der Waals surface area contributed by atoms with E-state index in [4.69, 9.17) is 4.74 Å². The zero-order valence-electron chi connectivity index (χ0n) is 14.9. The van der Waals surface area contributed by atoms with Crippen molar-refractivity contribution in [3.05, 3.63) is 47.4 Å². The molecule has 138 valence electrons. The molecule has 0 bridgehead atoms. The van der Waals surface area contributed by atoms with Gasteiger partial charge in [-0.15, -0.1) is 11.3 Å². The predicted molar refractivity (Wildman–Crippen MR) is 101 cm³/mol. The Morgan fingerprint density at radius 3 is 2.85 bits per heavy atom. The number of hydrogen-bond acceptors (Lipinski definition) is 4. The Morgan fingerprint density at radius 1 is 1.35 bits per heavy atom. The Labute approximate surface area is 155 Å². The van der Waals surface area contributed by atoms with Crippen molar-refractivity contribution in [3.63, 3.8) is 0 Å². The van der Waals surface area contributed by atoms with Crippen molar-refractivity contribution in [2.24, 2.45) is 0 Å². The number of carbonyl (C=O) groups is 1. The number of halogens is 1. The van der Waals surface area contributed by atoms with Gasteiger partial charge in [0.05, 0.1) is 18.2 Å². The van der Waals surface area contributed by atoms with Gasteiger partial charge in [-0.2, -0.15) is 0 Å². The fourth-order valence-electron chi connectivity index (χ4n) is 2.56. The molecular formula is C19H22FN3O2S. The quantitative estimate of drug-likeness (QED) is 0.611. The third kappa shape index (κ3) is 4.68. The van der Waals surface area contributed by atoms with Gasteiger partial charge < -0.3 is 10.1 Å². The highest BCUT2D eigenvalue weighted by Gasteiger charge is 2.12. The van der Waals surface area contributed by atoms with Crippen molar-refractivity contribution in [2.75, 3.05) is 13.2 Å². The number of carbonyl (C=O) groups excluding carboxylic acids is 1. The highest BCUT2D eigenvalue weighted by atomic mass is 32.1.